The first-order chi connectivity index (χ1) is 16.4. The molecule has 186 valence electrons. The number of amides is 3. The van der Waals surface area contributed by atoms with Crippen LogP contribution in [-0.2, 0) is 14.8 Å². The van der Waals surface area contributed by atoms with Crippen molar-refractivity contribution in [1.82, 2.24) is 34.9 Å². The van der Waals surface area contributed by atoms with Crippen molar-refractivity contribution in [2.75, 3.05) is 5.32 Å². The van der Waals surface area contributed by atoms with E-state index in [2.05, 4.69) is 35.7 Å². The third kappa shape index (κ3) is 6.31. The van der Waals surface area contributed by atoms with Crippen LogP contribution >= 0.6 is 0 Å². The summed E-state index contributed by atoms with van der Waals surface area (Å²) in [5.41, 5.74) is 1.06. The van der Waals surface area contributed by atoms with Crippen LogP contribution < -0.4 is 20.7 Å². The predicted molar refractivity (Wildman–Crippen MR) is 129 cm³/mol. The van der Waals surface area contributed by atoms with Gasteiger partial charge in [-0.1, -0.05) is 0 Å². The number of anilines is 1. The zero-order chi connectivity index (χ0) is 25.4. The monoisotopic (exact) mass is 500 g/mol. The molecule has 0 aliphatic heterocycles. The van der Waals surface area contributed by atoms with Gasteiger partial charge in [0, 0.05) is 41.3 Å². The summed E-state index contributed by atoms with van der Waals surface area (Å²) in [4.78, 5) is 32.7. The molecule has 1 unspecified atom stereocenters. The van der Waals surface area contributed by atoms with E-state index in [-0.39, 0.29) is 22.8 Å². The van der Waals surface area contributed by atoms with Gasteiger partial charge in [0.1, 0.15) is 10.9 Å². The van der Waals surface area contributed by atoms with Crippen molar-refractivity contribution in [2.24, 2.45) is 0 Å². The lowest BCUT2D eigenvalue weighted by Crippen LogP contribution is -2.47. The summed E-state index contributed by atoms with van der Waals surface area (Å²) in [6.45, 7) is 6.88. The van der Waals surface area contributed by atoms with Crippen molar-refractivity contribution in [1.29, 1.82) is 0 Å². The Bertz CT molecular complexity index is 1380. The molecular formula is C22H28N8O4S. The van der Waals surface area contributed by atoms with E-state index in [4.69, 9.17) is 0 Å². The summed E-state index contributed by atoms with van der Waals surface area (Å²) < 4.78 is 29.4. The summed E-state index contributed by atoms with van der Waals surface area (Å²) in [6, 6.07) is 3.86. The summed E-state index contributed by atoms with van der Waals surface area (Å²) in [5, 5.41) is 12.2. The van der Waals surface area contributed by atoms with Crippen molar-refractivity contribution >= 4 is 33.6 Å². The lowest BCUT2D eigenvalue weighted by molar-refractivity contribution is -0.122. The molecule has 1 saturated carbocycles. The van der Waals surface area contributed by atoms with E-state index in [0.717, 1.165) is 12.8 Å². The topological polar surface area (TPSA) is 159 Å². The molecule has 3 amide bonds. The standard InChI is InChI=1S/C22H28N8O4S/c1-13(19(31)25-16-6-7-16)24-21(32)27-20-26-18-8-5-14(12-30(18)28-20)15-9-17(11-23-10-15)35(33,34)29-22(2,3)4/h5,8-13,16,29H,6-7H2,1-4H3,(H,25,31)(H2,24,27,28,32). The highest BCUT2D eigenvalue weighted by Crippen LogP contribution is 2.23. The molecule has 35 heavy (non-hydrogen) atoms. The molecule has 0 aromatic carbocycles. The number of nitrogens with one attached hydrogen (secondary N) is 4. The molecule has 4 rings (SSSR count). The molecule has 1 atom stereocenters. The number of carbonyl (C=O) groups excluding carboxylic acids is 2. The molecule has 3 heterocycles. The van der Waals surface area contributed by atoms with Crippen molar-refractivity contribution in [2.45, 2.75) is 63.1 Å². The Morgan fingerprint density at radius 2 is 1.89 bits per heavy atom. The summed E-state index contributed by atoms with van der Waals surface area (Å²) in [7, 11) is -3.75. The SMILES string of the molecule is CC(NC(=O)Nc1nc2ccc(-c3cncc(S(=O)(=O)NC(C)(C)C)c3)cn2n1)C(=O)NC1CC1. The first kappa shape index (κ1) is 24.5. The van der Waals surface area contributed by atoms with Gasteiger partial charge < -0.3 is 10.6 Å². The third-order valence-corrected chi connectivity index (χ3v) is 6.74. The molecular weight excluding hydrogens is 472 g/mol. The number of pyridine rings is 2. The maximum Gasteiger partial charge on any atom is 0.322 e. The number of urea groups is 1. The van der Waals surface area contributed by atoms with Crippen LogP contribution in [0.3, 0.4) is 0 Å². The zero-order valence-electron chi connectivity index (χ0n) is 19.9. The van der Waals surface area contributed by atoms with Crippen LogP contribution in [0.1, 0.15) is 40.5 Å². The zero-order valence-corrected chi connectivity index (χ0v) is 20.7. The van der Waals surface area contributed by atoms with Gasteiger partial charge in [0.2, 0.25) is 15.9 Å². The highest BCUT2D eigenvalue weighted by molar-refractivity contribution is 7.89. The van der Waals surface area contributed by atoms with E-state index in [1.807, 2.05) is 0 Å². The Morgan fingerprint density at radius 3 is 2.57 bits per heavy atom. The van der Waals surface area contributed by atoms with Crippen molar-refractivity contribution in [3.8, 4) is 11.1 Å². The lowest BCUT2D eigenvalue weighted by atomic mass is 10.1. The number of carbonyl (C=O) groups is 2. The van der Waals surface area contributed by atoms with Gasteiger partial charge in [-0.3, -0.25) is 15.1 Å². The molecule has 1 fully saturated rings. The summed E-state index contributed by atoms with van der Waals surface area (Å²) >= 11 is 0. The fraction of sp³-hybridized carbons (Fsp3) is 0.409. The second kappa shape index (κ2) is 9.23. The first-order valence-electron chi connectivity index (χ1n) is 11.1. The number of rotatable bonds is 7. The highest BCUT2D eigenvalue weighted by atomic mass is 32.2. The first-order valence-corrected chi connectivity index (χ1v) is 12.6. The molecule has 3 aromatic rings. The third-order valence-electron chi connectivity index (χ3n) is 5.02. The van der Waals surface area contributed by atoms with E-state index in [1.165, 1.54) is 16.8 Å². The summed E-state index contributed by atoms with van der Waals surface area (Å²) in [5.74, 6) is -0.191. The maximum atomic E-state index is 12.7. The Hall–Kier alpha value is -3.58. The minimum Gasteiger partial charge on any atom is -0.352 e. The average Bonchev–Trinajstić information content (AvgIpc) is 3.48. The van der Waals surface area contributed by atoms with Crippen LogP contribution in [0.5, 0.6) is 0 Å². The molecule has 12 nitrogen and oxygen atoms in total. The van der Waals surface area contributed by atoms with E-state index >= 15 is 0 Å². The molecule has 13 heteroatoms. The van der Waals surface area contributed by atoms with Gasteiger partial charge in [-0.05, 0) is 58.7 Å². The normalized spacial score (nSPS) is 15.0. The molecule has 3 aromatic heterocycles. The molecule has 0 saturated heterocycles. The lowest BCUT2D eigenvalue weighted by Gasteiger charge is -2.20. The number of nitrogens with zero attached hydrogens (tertiary/aromatic N) is 4. The largest absolute Gasteiger partial charge is 0.352 e. The predicted octanol–water partition coefficient (Wildman–Crippen LogP) is 1.66. The van der Waals surface area contributed by atoms with E-state index in [9.17, 15) is 18.0 Å². The van der Waals surface area contributed by atoms with Crippen LogP contribution in [0, 0.1) is 0 Å². The Kier molecular flexibility index (Phi) is 6.47. The van der Waals surface area contributed by atoms with Crippen molar-refractivity contribution in [3.05, 3.63) is 36.8 Å². The second-order valence-corrected chi connectivity index (χ2v) is 11.2. The molecule has 1 aliphatic rings. The Labute approximate surface area is 203 Å². The van der Waals surface area contributed by atoms with Crippen molar-refractivity contribution < 1.29 is 18.0 Å². The molecule has 0 spiro atoms. The quantitative estimate of drug-likeness (QED) is 0.384. The fourth-order valence-electron chi connectivity index (χ4n) is 3.25. The smallest absolute Gasteiger partial charge is 0.322 e. The van der Waals surface area contributed by atoms with Gasteiger partial charge in [-0.25, -0.2) is 22.4 Å². The fourth-order valence-corrected chi connectivity index (χ4v) is 4.65. The van der Waals surface area contributed by atoms with Gasteiger partial charge in [0.05, 0.1) is 0 Å². The van der Waals surface area contributed by atoms with Crippen molar-refractivity contribution in [3.63, 3.8) is 0 Å². The van der Waals surface area contributed by atoms with Gasteiger partial charge in [0.15, 0.2) is 5.65 Å². The number of hydrogen-bond donors (Lipinski definition) is 4. The average molecular weight is 501 g/mol. The maximum absolute atomic E-state index is 12.7. The van der Waals surface area contributed by atoms with E-state index in [1.54, 1.807) is 52.2 Å². The van der Waals surface area contributed by atoms with Gasteiger partial charge in [-0.15, -0.1) is 5.10 Å². The van der Waals surface area contributed by atoms with Gasteiger partial charge >= 0.3 is 6.03 Å². The highest BCUT2D eigenvalue weighted by Gasteiger charge is 2.26. The molecule has 4 N–H and O–H groups in total. The van der Waals surface area contributed by atoms with Gasteiger partial charge in [0.25, 0.3) is 5.95 Å². The molecule has 0 bridgehead atoms. The molecule has 1 aliphatic carbocycles. The Morgan fingerprint density at radius 1 is 1.14 bits per heavy atom. The van der Waals surface area contributed by atoms with Gasteiger partial charge in [-0.2, -0.15) is 4.98 Å². The van der Waals surface area contributed by atoms with Crippen LogP contribution in [-0.4, -0.2) is 57.6 Å². The Balaban J connectivity index is 1.48. The van der Waals surface area contributed by atoms with Crippen LogP contribution in [0.25, 0.3) is 16.8 Å². The number of hydrogen-bond acceptors (Lipinski definition) is 7. The number of sulfonamides is 1. The minimum absolute atomic E-state index is 0.0440. The van der Waals surface area contributed by atoms with E-state index in [0.29, 0.717) is 16.8 Å². The summed E-state index contributed by atoms with van der Waals surface area (Å²) in [6.07, 6.45) is 6.41. The van der Waals surface area contributed by atoms with Crippen LogP contribution in [0.4, 0.5) is 10.7 Å². The van der Waals surface area contributed by atoms with Crippen LogP contribution in [0.15, 0.2) is 41.7 Å². The second-order valence-electron chi connectivity index (χ2n) is 9.52. The van der Waals surface area contributed by atoms with E-state index < -0.39 is 27.6 Å². The van der Waals surface area contributed by atoms with Crippen LogP contribution in [0.2, 0.25) is 0 Å². The number of aromatic nitrogens is 4. The molecule has 0 radical (unpaired) electrons. The minimum atomic E-state index is -3.75. The number of fused-ring (bicyclic) bond motifs is 1.